The van der Waals surface area contributed by atoms with Crippen molar-refractivity contribution < 1.29 is 9.47 Å². The van der Waals surface area contributed by atoms with Crippen LogP contribution in [0.1, 0.15) is 33.6 Å². The molecule has 86 valence electrons. The highest BCUT2D eigenvalue weighted by atomic mass is 16.7. The van der Waals surface area contributed by atoms with E-state index in [1.165, 1.54) is 12.8 Å². The van der Waals surface area contributed by atoms with Gasteiger partial charge in [-0.2, -0.15) is 0 Å². The molecule has 0 radical (unpaired) electrons. The molecule has 1 saturated heterocycles. The van der Waals surface area contributed by atoms with Crippen molar-refractivity contribution in [2.24, 2.45) is 17.3 Å². The molecule has 2 nitrogen and oxygen atoms in total. The van der Waals surface area contributed by atoms with E-state index in [-0.39, 0.29) is 11.2 Å². The van der Waals surface area contributed by atoms with Crippen LogP contribution < -0.4 is 0 Å². The zero-order valence-electron chi connectivity index (χ0n) is 10.1. The van der Waals surface area contributed by atoms with Crippen LogP contribution in [0.2, 0.25) is 0 Å². The van der Waals surface area contributed by atoms with E-state index in [1.54, 1.807) is 0 Å². The Bertz CT molecular complexity index is 247. The maximum absolute atomic E-state index is 5.79. The lowest BCUT2D eigenvalue weighted by atomic mass is 9.86. The third-order valence-corrected chi connectivity index (χ3v) is 3.91. The van der Waals surface area contributed by atoms with Crippen molar-refractivity contribution in [3.8, 4) is 0 Å². The van der Waals surface area contributed by atoms with Gasteiger partial charge in [0.05, 0.1) is 13.2 Å². The average molecular weight is 210 g/mol. The molecule has 2 aliphatic rings. The van der Waals surface area contributed by atoms with Gasteiger partial charge in [-0.05, 0) is 38.5 Å². The molecular formula is C13H22O2. The van der Waals surface area contributed by atoms with Crippen LogP contribution in [0.25, 0.3) is 0 Å². The number of ether oxygens (including phenoxy) is 2. The molecule has 0 aromatic carbocycles. The average Bonchev–Trinajstić information content (AvgIpc) is 2.49. The lowest BCUT2D eigenvalue weighted by Crippen LogP contribution is -2.45. The van der Waals surface area contributed by atoms with Crippen molar-refractivity contribution in [1.82, 2.24) is 0 Å². The van der Waals surface area contributed by atoms with Crippen molar-refractivity contribution in [2.45, 2.75) is 39.4 Å². The van der Waals surface area contributed by atoms with E-state index in [1.807, 2.05) is 13.8 Å². The molecule has 2 fully saturated rings. The van der Waals surface area contributed by atoms with Gasteiger partial charge >= 0.3 is 0 Å². The molecule has 2 heteroatoms. The van der Waals surface area contributed by atoms with Crippen LogP contribution in [-0.4, -0.2) is 19.0 Å². The molecule has 1 saturated carbocycles. The second-order valence-corrected chi connectivity index (χ2v) is 5.76. The summed E-state index contributed by atoms with van der Waals surface area (Å²) in [6.07, 6.45) is 4.48. The van der Waals surface area contributed by atoms with Crippen LogP contribution in [0.3, 0.4) is 0 Å². The largest absolute Gasteiger partial charge is 0.350 e. The van der Waals surface area contributed by atoms with Gasteiger partial charge in [-0.3, -0.25) is 0 Å². The zero-order valence-corrected chi connectivity index (χ0v) is 10.1. The zero-order chi connectivity index (χ0) is 11.1. The third-order valence-electron chi connectivity index (χ3n) is 3.91. The molecule has 1 aliphatic carbocycles. The standard InChI is InChI=1S/C13H22O2/c1-5-11-7-13(6-10(11)2)8-14-12(3,4)15-9-13/h5,10-11H,1,6-9H2,2-4H3/t10-,11-/m1/s1. The van der Waals surface area contributed by atoms with Crippen LogP contribution in [0.4, 0.5) is 0 Å². The molecule has 0 N–H and O–H groups in total. The van der Waals surface area contributed by atoms with Crippen LogP contribution >= 0.6 is 0 Å². The monoisotopic (exact) mass is 210 g/mol. The van der Waals surface area contributed by atoms with Gasteiger partial charge in [0.25, 0.3) is 0 Å². The van der Waals surface area contributed by atoms with Crippen molar-refractivity contribution in [3.05, 3.63) is 12.7 Å². The van der Waals surface area contributed by atoms with E-state index < -0.39 is 0 Å². The fourth-order valence-electron chi connectivity index (χ4n) is 2.91. The lowest BCUT2D eigenvalue weighted by molar-refractivity contribution is -0.284. The lowest BCUT2D eigenvalue weighted by Gasteiger charge is -2.41. The molecule has 0 aromatic rings. The van der Waals surface area contributed by atoms with Crippen LogP contribution in [0, 0.1) is 17.3 Å². The first-order chi connectivity index (χ1) is 6.96. The van der Waals surface area contributed by atoms with E-state index in [2.05, 4.69) is 19.6 Å². The minimum Gasteiger partial charge on any atom is -0.350 e. The SMILES string of the molecule is C=C[C@@H]1CC2(COC(C)(C)OC2)C[C@H]1C. The van der Waals surface area contributed by atoms with Gasteiger partial charge in [0.1, 0.15) is 0 Å². The number of hydrogen-bond acceptors (Lipinski definition) is 2. The summed E-state index contributed by atoms with van der Waals surface area (Å²) in [6.45, 7) is 11.9. The van der Waals surface area contributed by atoms with Crippen molar-refractivity contribution >= 4 is 0 Å². The van der Waals surface area contributed by atoms with E-state index in [9.17, 15) is 0 Å². The first-order valence-corrected chi connectivity index (χ1v) is 5.87. The minimum absolute atomic E-state index is 0.258. The summed E-state index contributed by atoms with van der Waals surface area (Å²) in [5, 5.41) is 0. The highest BCUT2D eigenvalue weighted by Gasteiger charge is 2.47. The first kappa shape index (κ1) is 11.2. The van der Waals surface area contributed by atoms with Crippen LogP contribution in [0.15, 0.2) is 12.7 Å². The molecule has 2 atom stereocenters. The Morgan fingerprint density at radius 3 is 2.27 bits per heavy atom. The Hall–Kier alpha value is -0.340. The quantitative estimate of drug-likeness (QED) is 0.619. The maximum Gasteiger partial charge on any atom is 0.162 e. The second kappa shape index (κ2) is 3.60. The minimum atomic E-state index is -0.388. The molecule has 0 amide bonds. The summed E-state index contributed by atoms with van der Waals surface area (Å²) < 4.78 is 11.6. The number of allylic oxidation sites excluding steroid dienone is 1. The van der Waals surface area contributed by atoms with Crippen LogP contribution in [-0.2, 0) is 9.47 Å². The summed E-state index contributed by atoms with van der Waals surface area (Å²) in [7, 11) is 0. The Morgan fingerprint density at radius 1 is 1.20 bits per heavy atom. The van der Waals surface area contributed by atoms with Crippen molar-refractivity contribution in [1.29, 1.82) is 0 Å². The fraction of sp³-hybridized carbons (Fsp3) is 0.846. The smallest absolute Gasteiger partial charge is 0.162 e. The molecule has 1 heterocycles. The predicted molar refractivity (Wildman–Crippen MR) is 60.5 cm³/mol. The second-order valence-electron chi connectivity index (χ2n) is 5.76. The van der Waals surface area contributed by atoms with Gasteiger partial charge in [0.15, 0.2) is 5.79 Å². The molecule has 15 heavy (non-hydrogen) atoms. The molecule has 2 rings (SSSR count). The Kier molecular flexibility index (Phi) is 2.68. The van der Waals surface area contributed by atoms with Gasteiger partial charge in [0.2, 0.25) is 0 Å². The van der Waals surface area contributed by atoms with Crippen LogP contribution in [0.5, 0.6) is 0 Å². The molecule has 0 bridgehead atoms. The maximum atomic E-state index is 5.79. The Balaban J connectivity index is 2.03. The summed E-state index contributed by atoms with van der Waals surface area (Å²) in [4.78, 5) is 0. The van der Waals surface area contributed by atoms with Gasteiger partial charge in [-0.1, -0.05) is 13.0 Å². The normalized spacial score (nSPS) is 38.1. The summed E-state index contributed by atoms with van der Waals surface area (Å²) in [5.41, 5.74) is 0.258. The molecular weight excluding hydrogens is 188 g/mol. The van der Waals surface area contributed by atoms with E-state index in [4.69, 9.17) is 9.47 Å². The highest BCUT2D eigenvalue weighted by molar-refractivity contribution is 5.00. The Morgan fingerprint density at radius 2 is 1.80 bits per heavy atom. The molecule has 0 aromatic heterocycles. The molecule has 1 spiro atoms. The summed E-state index contributed by atoms with van der Waals surface area (Å²) >= 11 is 0. The van der Waals surface area contributed by atoms with Gasteiger partial charge in [0, 0.05) is 5.41 Å². The first-order valence-electron chi connectivity index (χ1n) is 5.87. The third kappa shape index (κ3) is 2.11. The topological polar surface area (TPSA) is 18.5 Å². The number of rotatable bonds is 1. The number of hydrogen-bond donors (Lipinski definition) is 0. The van der Waals surface area contributed by atoms with E-state index in [0.29, 0.717) is 5.92 Å². The van der Waals surface area contributed by atoms with Crippen molar-refractivity contribution in [3.63, 3.8) is 0 Å². The summed E-state index contributed by atoms with van der Waals surface area (Å²) in [6, 6.07) is 0. The predicted octanol–water partition coefficient (Wildman–Crippen LogP) is 2.99. The highest BCUT2D eigenvalue weighted by Crippen LogP contribution is 2.49. The van der Waals surface area contributed by atoms with Gasteiger partial charge in [-0.25, -0.2) is 0 Å². The van der Waals surface area contributed by atoms with Gasteiger partial charge < -0.3 is 9.47 Å². The van der Waals surface area contributed by atoms with Crippen molar-refractivity contribution in [2.75, 3.05) is 13.2 Å². The fourth-order valence-corrected chi connectivity index (χ4v) is 2.91. The molecule has 0 unspecified atom stereocenters. The van der Waals surface area contributed by atoms with E-state index in [0.717, 1.165) is 19.1 Å². The van der Waals surface area contributed by atoms with E-state index >= 15 is 0 Å². The molecule has 1 aliphatic heterocycles. The summed E-state index contributed by atoms with van der Waals surface area (Å²) in [5.74, 6) is 0.968. The van der Waals surface area contributed by atoms with Gasteiger partial charge in [-0.15, -0.1) is 6.58 Å². The Labute approximate surface area is 92.6 Å².